The lowest BCUT2D eigenvalue weighted by molar-refractivity contribution is 0.571. The zero-order valence-corrected chi connectivity index (χ0v) is 13.5. The van der Waals surface area contributed by atoms with Crippen LogP contribution in [0.5, 0.6) is 0 Å². The topological polar surface area (TPSA) is 73.5 Å². The molecule has 8 heteroatoms. The Balaban J connectivity index is 1.57. The second kappa shape index (κ2) is 5.44. The lowest BCUT2D eigenvalue weighted by Crippen LogP contribution is -2.09. The van der Waals surface area contributed by atoms with Crippen molar-refractivity contribution in [3.8, 4) is 0 Å². The molecule has 0 aliphatic carbocycles. The second-order valence-electron chi connectivity index (χ2n) is 5.09. The van der Waals surface area contributed by atoms with Crippen molar-refractivity contribution in [3.63, 3.8) is 0 Å². The average molecular weight is 305 g/mol. The quantitative estimate of drug-likeness (QED) is 0.730. The summed E-state index contributed by atoms with van der Waals surface area (Å²) in [6, 6.07) is 0. The van der Waals surface area contributed by atoms with E-state index in [1.54, 1.807) is 11.3 Å². The van der Waals surface area contributed by atoms with Gasteiger partial charge in [-0.2, -0.15) is 10.2 Å². The zero-order chi connectivity index (χ0) is 15.0. The van der Waals surface area contributed by atoms with Gasteiger partial charge in [0.15, 0.2) is 10.8 Å². The number of nitrogens with one attached hydrogen (secondary N) is 1. The van der Waals surface area contributed by atoms with Crippen molar-refractivity contribution in [2.45, 2.75) is 33.7 Å². The summed E-state index contributed by atoms with van der Waals surface area (Å²) in [7, 11) is 1.93. The fraction of sp³-hybridized carbons (Fsp3) is 0.538. The maximum atomic E-state index is 4.57. The van der Waals surface area contributed by atoms with Crippen LogP contribution in [0.1, 0.15) is 23.8 Å². The summed E-state index contributed by atoms with van der Waals surface area (Å²) in [4.78, 5) is 8.87. The van der Waals surface area contributed by atoms with Gasteiger partial charge in [0.1, 0.15) is 11.6 Å². The van der Waals surface area contributed by atoms with E-state index in [-0.39, 0.29) is 0 Å². The summed E-state index contributed by atoms with van der Waals surface area (Å²) in [5, 5.41) is 13.0. The van der Waals surface area contributed by atoms with Crippen LogP contribution in [-0.4, -0.2) is 36.1 Å². The molecule has 3 rings (SSSR count). The molecule has 3 aromatic rings. The van der Waals surface area contributed by atoms with E-state index in [1.807, 2.05) is 37.2 Å². The van der Waals surface area contributed by atoms with Crippen LogP contribution in [0.2, 0.25) is 0 Å². The fourth-order valence-electron chi connectivity index (χ4n) is 2.36. The minimum atomic E-state index is 0.828. The molecule has 0 amide bonds. The van der Waals surface area contributed by atoms with E-state index < -0.39 is 0 Å². The molecule has 0 fully saturated rings. The second-order valence-corrected chi connectivity index (χ2v) is 6.09. The predicted octanol–water partition coefficient (Wildman–Crippen LogP) is 2.05. The Kier molecular flexibility index (Phi) is 3.62. The summed E-state index contributed by atoms with van der Waals surface area (Å²) in [5.74, 6) is 1.80. The third-order valence-electron chi connectivity index (χ3n) is 3.33. The first-order valence-corrected chi connectivity index (χ1v) is 7.78. The Labute approximate surface area is 127 Å². The Morgan fingerprint density at radius 2 is 1.95 bits per heavy atom. The number of aryl methyl sites for hydroxylation is 5. The van der Waals surface area contributed by atoms with Gasteiger partial charge in [-0.15, -0.1) is 0 Å². The van der Waals surface area contributed by atoms with Gasteiger partial charge in [0.2, 0.25) is 0 Å². The largest absolute Gasteiger partial charge is 0.361 e. The van der Waals surface area contributed by atoms with E-state index in [0.717, 1.165) is 52.3 Å². The highest BCUT2D eigenvalue weighted by molar-refractivity contribution is 7.22. The van der Waals surface area contributed by atoms with Gasteiger partial charge >= 0.3 is 0 Å². The van der Waals surface area contributed by atoms with Gasteiger partial charge in [-0.3, -0.25) is 4.68 Å². The molecule has 3 heterocycles. The van der Waals surface area contributed by atoms with Crippen LogP contribution in [0.4, 0.5) is 5.13 Å². The number of hydrogen-bond donors (Lipinski definition) is 1. The molecule has 0 saturated carbocycles. The number of anilines is 1. The third kappa shape index (κ3) is 2.76. The first-order chi connectivity index (χ1) is 10.0. The van der Waals surface area contributed by atoms with Crippen LogP contribution >= 0.6 is 11.3 Å². The Hall–Kier alpha value is -1.96. The first kappa shape index (κ1) is 14.0. The molecule has 0 aliphatic heterocycles. The van der Waals surface area contributed by atoms with Gasteiger partial charge in [0.25, 0.3) is 0 Å². The molecule has 21 heavy (non-hydrogen) atoms. The Morgan fingerprint density at radius 3 is 2.62 bits per heavy atom. The summed E-state index contributed by atoms with van der Waals surface area (Å²) in [6.07, 6.45) is 0.983. The number of thiazole rings is 1. The smallest absolute Gasteiger partial charge is 0.185 e. The van der Waals surface area contributed by atoms with E-state index in [1.165, 1.54) is 0 Å². The van der Waals surface area contributed by atoms with Gasteiger partial charge in [0.05, 0.1) is 10.4 Å². The minimum absolute atomic E-state index is 0.828. The van der Waals surface area contributed by atoms with Crippen LogP contribution < -0.4 is 5.32 Å². The predicted molar refractivity (Wildman–Crippen MR) is 83.7 cm³/mol. The molecule has 7 nitrogen and oxygen atoms in total. The number of aromatic nitrogens is 6. The van der Waals surface area contributed by atoms with E-state index in [2.05, 4.69) is 25.5 Å². The molecule has 1 N–H and O–H groups in total. The monoisotopic (exact) mass is 305 g/mol. The maximum Gasteiger partial charge on any atom is 0.185 e. The standard InChI is InChI=1S/C13H19N7S/c1-8-11-12(19(4)17-8)16-13(21-11)14-6-5-7-20-10(3)15-9(2)18-20/h5-7H2,1-4H3,(H,14,16). The number of fused-ring (bicyclic) bond motifs is 1. The van der Waals surface area contributed by atoms with Gasteiger partial charge < -0.3 is 5.32 Å². The number of nitrogens with zero attached hydrogens (tertiary/aromatic N) is 6. The Bertz CT molecular complexity index is 733. The van der Waals surface area contributed by atoms with Crippen molar-refractivity contribution in [3.05, 3.63) is 17.3 Å². The molecule has 0 saturated heterocycles. The van der Waals surface area contributed by atoms with Crippen molar-refractivity contribution in [1.29, 1.82) is 0 Å². The SMILES string of the molecule is Cc1nc(C)n(CCCNc2nc3c(s2)c(C)nn3C)n1. The van der Waals surface area contributed by atoms with Crippen molar-refractivity contribution in [2.24, 2.45) is 7.05 Å². The molecule has 112 valence electrons. The van der Waals surface area contributed by atoms with Crippen molar-refractivity contribution in [1.82, 2.24) is 29.5 Å². The summed E-state index contributed by atoms with van der Waals surface area (Å²) in [5.41, 5.74) is 1.98. The molecule has 0 bridgehead atoms. The van der Waals surface area contributed by atoms with Gasteiger partial charge in [0, 0.05) is 20.1 Å². The number of hydrogen-bond acceptors (Lipinski definition) is 6. The zero-order valence-electron chi connectivity index (χ0n) is 12.7. The average Bonchev–Trinajstić information content (AvgIpc) is 3.04. The molecule has 0 aromatic carbocycles. The van der Waals surface area contributed by atoms with E-state index in [9.17, 15) is 0 Å². The van der Waals surface area contributed by atoms with E-state index in [4.69, 9.17) is 0 Å². The van der Waals surface area contributed by atoms with Gasteiger partial charge in [-0.05, 0) is 27.2 Å². The van der Waals surface area contributed by atoms with Gasteiger partial charge in [-0.25, -0.2) is 14.6 Å². The minimum Gasteiger partial charge on any atom is -0.361 e. The van der Waals surface area contributed by atoms with Crippen LogP contribution in [-0.2, 0) is 13.6 Å². The lowest BCUT2D eigenvalue weighted by Gasteiger charge is -2.04. The molecule has 3 aromatic heterocycles. The molecule has 0 radical (unpaired) electrons. The molecular formula is C13H19N7S. The third-order valence-corrected chi connectivity index (χ3v) is 4.44. The highest BCUT2D eigenvalue weighted by Crippen LogP contribution is 2.27. The maximum absolute atomic E-state index is 4.57. The number of rotatable bonds is 5. The van der Waals surface area contributed by atoms with Crippen molar-refractivity contribution in [2.75, 3.05) is 11.9 Å². The molecule has 0 unspecified atom stereocenters. The van der Waals surface area contributed by atoms with Crippen LogP contribution in [0.15, 0.2) is 0 Å². The van der Waals surface area contributed by atoms with Crippen LogP contribution in [0.25, 0.3) is 10.3 Å². The molecule has 0 spiro atoms. The van der Waals surface area contributed by atoms with E-state index in [0.29, 0.717) is 0 Å². The lowest BCUT2D eigenvalue weighted by atomic mass is 10.4. The highest BCUT2D eigenvalue weighted by atomic mass is 32.1. The fourth-order valence-corrected chi connectivity index (χ4v) is 3.31. The normalized spacial score (nSPS) is 11.4. The van der Waals surface area contributed by atoms with E-state index >= 15 is 0 Å². The van der Waals surface area contributed by atoms with Crippen LogP contribution in [0.3, 0.4) is 0 Å². The highest BCUT2D eigenvalue weighted by Gasteiger charge is 2.11. The Morgan fingerprint density at radius 1 is 1.14 bits per heavy atom. The summed E-state index contributed by atoms with van der Waals surface area (Å²) >= 11 is 1.66. The molecule has 0 atom stereocenters. The van der Waals surface area contributed by atoms with Crippen molar-refractivity contribution < 1.29 is 0 Å². The van der Waals surface area contributed by atoms with Crippen molar-refractivity contribution >= 4 is 26.8 Å². The summed E-state index contributed by atoms with van der Waals surface area (Å²) < 4.78 is 4.93. The summed E-state index contributed by atoms with van der Waals surface area (Å²) in [6.45, 7) is 7.64. The molecule has 0 aliphatic rings. The van der Waals surface area contributed by atoms with Crippen LogP contribution in [0, 0.1) is 20.8 Å². The van der Waals surface area contributed by atoms with Gasteiger partial charge in [-0.1, -0.05) is 11.3 Å². The first-order valence-electron chi connectivity index (χ1n) is 6.96. The molecular weight excluding hydrogens is 286 g/mol.